The minimum absolute atomic E-state index is 0.0269. The van der Waals surface area contributed by atoms with Crippen LogP contribution in [0, 0.1) is 0 Å². The fourth-order valence-electron chi connectivity index (χ4n) is 4.96. The van der Waals surface area contributed by atoms with Gasteiger partial charge in [-0.25, -0.2) is 4.79 Å². The number of nitrogens with zero attached hydrogens (tertiary/aromatic N) is 4. The predicted molar refractivity (Wildman–Crippen MR) is 130 cm³/mol. The van der Waals surface area contributed by atoms with E-state index in [2.05, 4.69) is 15.3 Å². The Balaban J connectivity index is 1.32. The molecule has 3 aliphatic heterocycles. The average Bonchev–Trinajstić information content (AvgIpc) is 3.32. The van der Waals surface area contributed by atoms with E-state index in [1.54, 1.807) is 0 Å². The third-order valence-electron chi connectivity index (χ3n) is 6.91. The van der Waals surface area contributed by atoms with Gasteiger partial charge in [0.25, 0.3) is 0 Å². The number of aliphatic carboxylic acids is 2. The molecule has 4 rings (SSSR count). The molecule has 1 atom stereocenters. The van der Waals surface area contributed by atoms with Crippen LogP contribution >= 0.6 is 0 Å². The lowest BCUT2D eigenvalue weighted by atomic mass is 9.84. The highest BCUT2D eigenvalue weighted by Crippen LogP contribution is 2.34. The quantitative estimate of drug-likeness (QED) is 0.483. The van der Waals surface area contributed by atoms with Gasteiger partial charge in [-0.3, -0.25) is 14.7 Å². The highest BCUT2D eigenvalue weighted by molar-refractivity contribution is 6.01. The standard InChI is InChI=1S/C25H34N4O6/c30-23(31)17-28-12-8-25(9-13-28,34-18-24(32)33)15-21-14-22(27-35-21)20-6-4-19(5-7-20)16-26-29-10-2-1-3-11-29/h4-7,16,21H,1-3,8-15,17-18H2,(H,30,31)(H,32,33). The van der Waals surface area contributed by atoms with E-state index < -0.39 is 17.5 Å². The van der Waals surface area contributed by atoms with Gasteiger partial charge < -0.3 is 19.8 Å². The topological polar surface area (TPSA) is 124 Å². The van der Waals surface area contributed by atoms with Crippen molar-refractivity contribution < 1.29 is 29.4 Å². The lowest BCUT2D eigenvalue weighted by molar-refractivity contribution is -0.159. The number of hydrogen-bond acceptors (Lipinski definition) is 8. The average molecular weight is 487 g/mol. The molecular formula is C25H34N4O6. The highest BCUT2D eigenvalue weighted by atomic mass is 16.6. The Bertz CT molecular complexity index is 934. The summed E-state index contributed by atoms with van der Waals surface area (Å²) in [5.41, 5.74) is 2.20. The molecular weight excluding hydrogens is 452 g/mol. The molecule has 2 fully saturated rings. The fraction of sp³-hybridized carbons (Fsp3) is 0.600. The van der Waals surface area contributed by atoms with Crippen LogP contribution in [0.15, 0.2) is 34.5 Å². The van der Waals surface area contributed by atoms with Crippen LogP contribution in [0.3, 0.4) is 0 Å². The minimum atomic E-state index is -1.02. The zero-order valence-electron chi connectivity index (χ0n) is 20.0. The molecule has 10 heteroatoms. The minimum Gasteiger partial charge on any atom is -0.480 e. The second kappa shape index (κ2) is 11.6. The van der Waals surface area contributed by atoms with E-state index in [9.17, 15) is 9.59 Å². The number of likely N-dealkylation sites (tertiary alicyclic amines) is 1. The van der Waals surface area contributed by atoms with Crippen molar-refractivity contribution in [3.05, 3.63) is 35.4 Å². The first-order valence-electron chi connectivity index (χ1n) is 12.3. The first-order chi connectivity index (χ1) is 16.9. The van der Waals surface area contributed by atoms with Gasteiger partial charge in [-0.05, 0) is 43.2 Å². The Hall–Kier alpha value is -2.98. The maximum Gasteiger partial charge on any atom is 0.329 e. The molecule has 0 radical (unpaired) electrons. The molecule has 0 amide bonds. The van der Waals surface area contributed by atoms with Crippen LogP contribution in [0.4, 0.5) is 0 Å². The van der Waals surface area contributed by atoms with E-state index in [0.29, 0.717) is 38.8 Å². The van der Waals surface area contributed by atoms with Crippen LogP contribution in [-0.2, 0) is 19.2 Å². The maximum absolute atomic E-state index is 11.2. The summed E-state index contributed by atoms with van der Waals surface area (Å²) in [7, 11) is 0. The van der Waals surface area contributed by atoms with E-state index in [0.717, 1.165) is 29.9 Å². The van der Waals surface area contributed by atoms with Crippen molar-refractivity contribution in [1.82, 2.24) is 9.91 Å². The molecule has 1 aromatic carbocycles. The van der Waals surface area contributed by atoms with Gasteiger partial charge in [0, 0.05) is 39.0 Å². The van der Waals surface area contributed by atoms with Gasteiger partial charge in [0.05, 0.1) is 24.1 Å². The zero-order valence-corrected chi connectivity index (χ0v) is 20.0. The van der Waals surface area contributed by atoms with Crippen LogP contribution < -0.4 is 0 Å². The van der Waals surface area contributed by atoms with Crippen LogP contribution in [0.1, 0.15) is 56.1 Å². The molecule has 1 aromatic rings. The molecule has 0 spiro atoms. The molecule has 2 saturated heterocycles. The highest BCUT2D eigenvalue weighted by Gasteiger charge is 2.40. The van der Waals surface area contributed by atoms with Gasteiger partial charge in [0.2, 0.25) is 0 Å². The summed E-state index contributed by atoms with van der Waals surface area (Å²) in [4.78, 5) is 29.8. The molecule has 0 bridgehead atoms. The first-order valence-corrected chi connectivity index (χ1v) is 12.3. The van der Waals surface area contributed by atoms with Gasteiger partial charge in [0.15, 0.2) is 0 Å². The van der Waals surface area contributed by atoms with Gasteiger partial charge in [-0.15, -0.1) is 0 Å². The Morgan fingerprint density at radius 2 is 1.80 bits per heavy atom. The summed E-state index contributed by atoms with van der Waals surface area (Å²) >= 11 is 0. The van der Waals surface area contributed by atoms with Crippen molar-refractivity contribution in [2.45, 2.75) is 56.7 Å². The molecule has 0 aromatic heterocycles. The summed E-state index contributed by atoms with van der Waals surface area (Å²) in [5.74, 6) is -1.89. The number of carboxylic acid groups (broad SMARTS) is 2. The molecule has 10 nitrogen and oxygen atoms in total. The van der Waals surface area contributed by atoms with Crippen molar-refractivity contribution in [1.29, 1.82) is 0 Å². The molecule has 190 valence electrons. The van der Waals surface area contributed by atoms with E-state index in [-0.39, 0.29) is 19.3 Å². The third-order valence-corrected chi connectivity index (χ3v) is 6.91. The second-order valence-corrected chi connectivity index (χ2v) is 9.59. The number of piperidine rings is 2. The number of carbonyl (C=O) groups is 2. The van der Waals surface area contributed by atoms with E-state index in [1.165, 1.54) is 19.3 Å². The number of benzene rings is 1. The predicted octanol–water partition coefficient (Wildman–Crippen LogP) is 2.41. The van der Waals surface area contributed by atoms with Gasteiger partial charge in [-0.2, -0.15) is 5.10 Å². The maximum atomic E-state index is 11.2. The molecule has 1 unspecified atom stereocenters. The number of hydrazone groups is 1. The van der Waals surface area contributed by atoms with E-state index in [1.807, 2.05) is 35.4 Å². The van der Waals surface area contributed by atoms with Crippen molar-refractivity contribution in [2.75, 3.05) is 39.3 Å². The van der Waals surface area contributed by atoms with Crippen LogP contribution in [-0.4, -0.2) is 95.0 Å². The summed E-state index contributed by atoms with van der Waals surface area (Å²) in [6.07, 6.45) is 7.56. The monoisotopic (exact) mass is 486 g/mol. The van der Waals surface area contributed by atoms with Crippen molar-refractivity contribution in [3.8, 4) is 0 Å². The lowest BCUT2D eigenvalue weighted by Gasteiger charge is -2.41. The SMILES string of the molecule is O=C(O)COC1(CC2CC(c3ccc(C=NN4CCCCC4)cc3)=NO2)CCN(CC(=O)O)CC1. The van der Waals surface area contributed by atoms with Crippen molar-refractivity contribution in [2.24, 2.45) is 10.3 Å². The fourth-order valence-corrected chi connectivity index (χ4v) is 4.96. The normalized spacial score (nSPS) is 22.7. The smallest absolute Gasteiger partial charge is 0.329 e. The second-order valence-electron chi connectivity index (χ2n) is 9.59. The Morgan fingerprint density at radius 3 is 2.46 bits per heavy atom. The Labute approximate surface area is 205 Å². The van der Waals surface area contributed by atoms with Crippen LogP contribution in [0.2, 0.25) is 0 Å². The summed E-state index contributed by atoms with van der Waals surface area (Å²) in [5, 5.41) is 29.2. The van der Waals surface area contributed by atoms with Gasteiger partial charge >= 0.3 is 11.9 Å². The zero-order chi connectivity index (χ0) is 24.7. The molecule has 0 aliphatic carbocycles. The van der Waals surface area contributed by atoms with Crippen molar-refractivity contribution in [3.63, 3.8) is 0 Å². The largest absolute Gasteiger partial charge is 0.480 e. The summed E-state index contributed by atoms with van der Waals surface area (Å²) in [6.45, 7) is 2.68. The number of oxime groups is 1. The van der Waals surface area contributed by atoms with E-state index >= 15 is 0 Å². The number of hydrogen-bond donors (Lipinski definition) is 2. The summed E-state index contributed by atoms with van der Waals surface area (Å²) < 4.78 is 5.86. The molecule has 3 aliphatic rings. The van der Waals surface area contributed by atoms with Crippen molar-refractivity contribution >= 4 is 23.9 Å². The molecule has 2 N–H and O–H groups in total. The Morgan fingerprint density at radius 1 is 1.09 bits per heavy atom. The lowest BCUT2D eigenvalue weighted by Crippen LogP contribution is -2.49. The summed E-state index contributed by atoms with van der Waals surface area (Å²) in [6, 6.07) is 8.08. The molecule has 35 heavy (non-hydrogen) atoms. The number of rotatable bonds is 10. The first kappa shape index (κ1) is 25.1. The van der Waals surface area contributed by atoms with E-state index in [4.69, 9.17) is 19.8 Å². The van der Waals surface area contributed by atoms with Crippen LogP contribution in [0.5, 0.6) is 0 Å². The molecule has 3 heterocycles. The Kier molecular flexibility index (Phi) is 8.35. The number of carboxylic acids is 2. The molecule has 0 saturated carbocycles. The van der Waals surface area contributed by atoms with Crippen LogP contribution in [0.25, 0.3) is 0 Å². The third kappa shape index (κ3) is 7.25. The van der Waals surface area contributed by atoms with Gasteiger partial charge in [0.1, 0.15) is 12.7 Å². The van der Waals surface area contributed by atoms with Gasteiger partial charge in [-0.1, -0.05) is 29.4 Å². The number of ether oxygens (including phenoxy) is 1.